The van der Waals surface area contributed by atoms with Gasteiger partial charge < -0.3 is 10.1 Å². The molecular formula is C20H17N3O4S. The lowest BCUT2D eigenvalue weighted by atomic mass is 10.1. The number of amides is 1. The zero-order chi connectivity index (χ0) is 19.9. The molecule has 1 aliphatic rings. The van der Waals surface area contributed by atoms with Crippen molar-refractivity contribution in [3.63, 3.8) is 0 Å². The molecule has 2 heterocycles. The number of nitrogens with one attached hydrogen (secondary N) is 1. The fraction of sp³-hybridized carbons (Fsp3) is 0.100. The Bertz CT molecular complexity index is 1230. The van der Waals surface area contributed by atoms with Gasteiger partial charge in [0.05, 0.1) is 17.7 Å². The Morgan fingerprint density at radius 2 is 1.96 bits per heavy atom. The van der Waals surface area contributed by atoms with E-state index in [0.29, 0.717) is 22.6 Å². The second-order valence-electron chi connectivity index (χ2n) is 6.31. The fourth-order valence-electron chi connectivity index (χ4n) is 3.12. The lowest BCUT2D eigenvalue weighted by Crippen LogP contribution is -2.12. The number of ether oxygens (including phenoxy) is 1. The molecule has 0 fully saturated rings. The third-order valence-corrected chi connectivity index (χ3v) is 6.02. The van der Waals surface area contributed by atoms with Crippen LogP contribution < -0.4 is 10.1 Å². The molecule has 8 heteroatoms. The molecule has 0 aliphatic carbocycles. The predicted octanol–water partition coefficient (Wildman–Crippen LogP) is 3.11. The van der Waals surface area contributed by atoms with Gasteiger partial charge in [-0.3, -0.25) is 9.48 Å². The third-order valence-electron chi connectivity index (χ3n) is 4.56. The number of benzene rings is 2. The molecule has 1 N–H and O–H groups in total. The number of carbonyl (C=O) groups is 1. The van der Waals surface area contributed by atoms with Crippen LogP contribution in [0.3, 0.4) is 0 Å². The molecule has 0 bridgehead atoms. The van der Waals surface area contributed by atoms with Crippen LogP contribution in [0.1, 0.15) is 15.9 Å². The first-order chi connectivity index (χ1) is 13.4. The van der Waals surface area contributed by atoms with Crippen LogP contribution in [0.4, 0.5) is 5.69 Å². The molecule has 7 nitrogen and oxygen atoms in total. The van der Waals surface area contributed by atoms with E-state index in [0.717, 1.165) is 16.7 Å². The van der Waals surface area contributed by atoms with E-state index >= 15 is 0 Å². The van der Waals surface area contributed by atoms with E-state index in [1.54, 1.807) is 61.4 Å². The monoisotopic (exact) mass is 395 g/mol. The first-order valence-electron chi connectivity index (χ1n) is 8.44. The molecule has 3 aromatic rings. The lowest BCUT2D eigenvalue weighted by Gasteiger charge is -2.12. The highest BCUT2D eigenvalue weighted by atomic mass is 32.2. The van der Waals surface area contributed by atoms with E-state index in [4.69, 9.17) is 4.74 Å². The number of sulfone groups is 1. The van der Waals surface area contributed by atoms with Crippen LogP contribution in [0.5, 0.6) is 5.75 Å². The van der Waals surface area contributed by atoms with Gasteiger partial charge in [-0.05, 0) is 48.0 Å². The molecule has 2 aromatic carbocycles. The predicted molar refractivity (Wildman–Crippen MR) is 106 cm³/mol. The Labute approximate surface area is 162 Å². The molecule has 1 amide bonds. The molecule has 0 saturated carbocycles. The Balaban J connectivity index is 1.66. The van der Waals surface area contributed by atoms with Crippen molar-refractivity contribution in [2.75, 3.05) is 12.4 Å². The highest BCUT2D eigenvalue weighted by molar-refractivity contribution is 7.94. The summed E-state index contributed by atoms with van der Waals surface area (Å²) in [4.78, 5) is 12.9. The minimum atomic E-state index is -3.44. The molecule has 0 radical (unpaired) electrons. The van der Waals surface area contributed by atoms with Gasteiger partial charge in [-0.2, -0.15) is 5.10 Å². The Morgan fingerprint density at radius 1 is 1.14 bits per heavy atom. The summed E-state index contributed by atoms with van der Waals surface area (Å²) in [6, 6.07) is 11.7. The zero-order valence-electron chi connectivity index (χ0n) is 15.2. The maximum Gasteiger partial charge on any atom is 0.255 e. The van der Waals surface area contributed by atoms with Crippen molar-refractivity contribution in [1.82, 2.24) is 9.78 Å². The van der Waals surface area contributed by atoms with Gasteiger partial charge in [0.25, 0.3) is 5.91 Å². The van der Waals surface area contributed by atoms with E-state index < -0.39 is 9.84 Å². The van der Waals surface area contributed by atoms with Crippen LogP contribution in [0, 0.1) is 0 Å². The lowest BCUT2D eigenvalue weighted by molar-refractivity contribution is 0.102. The van der Waals surface area contributed by atoms with Gasteiger partial charge in [0.2, 0.25) is 9.84 Å². The third kappa shape index (κ3) is 3.07. The first kappa shape index (κ1) is 18.0. The number of hydrogen-bond donors (Lipinski definition) is 1. The average molecular weight is 395 g/mol. The summed E-state index contributed by atoms with van der Waals surface area (Å²) in [6.45, 7) is 0. The van der Waals surface area contributed by atoms with E-state index in [9.17, 15) is 13.2 Å². The summed E-state index contributed by atoms with van der Waals surface area (Å²) in [6.07, 6.45) is 3.21. The molecular weight excluding hydrogens is 378 g/mol. The molecule has 0 unspecified atom stereocenters. The van der Waals surface area contributed by atoms with Crippen molar-refractivity contribution in [3.05, 3.63) is 65.2 Å². The minimum absolute atomic E-state index is 0.190. The molecule has 1 aromatic heterocycles. The van der Waals surface area contributed by atoms with E-state index in [1.165, 1.54) is 6.07 Å². The second-order valence-corrected chi connectivity index (χ2v) is 8.11. The number of hydrogen-bond acceptors (Lipinski definition) is 5. The number of aromatic nitrogens is 2. The molecule has 0 saturated heterocycles. The van der Waals surface area contributed by atoms with Crippen LogP contribution in [0.2, 0.25) is 0 Å². The van der Waals surface area contributed by atoms with Crippen LogP contribution in [-0.2, 0) is 16.9 Å². The maximum atomic E-state index is 12.7. The number of methoxy groups -OCH3 is 1. The SMILES string of the molecule is COc1ccc(C(=O)Nc2ccc3c(c2)S(=O)(=O)C=C3)cc1-c1ccnn1C. The van der Waals surface area contributed by atoms with Crippen molar-refractivity contribution in [3.8, 4) is 17.0 Å². The quantitative estimate of drug-likeness (QED) is 0.733. The normalized spacial score (nSPS) is 13.9. The Kier molecular flexibility index (Phi) is 4.27. The zero-order valence-corrected chi connectivity index (χ0v) is 16.0. The van der Waals surface area contributed by atoms with Crippen LogP contribution in [0.15, 0.2) is 59.0 Å². The van der Waals surface area contributed by atoms with Crippen LogP contribution >= 0.6 is 0 Å². The van der Waals surface area contributed by atoms with Gasteiger partial charge in [0.1, 0.15) is 5.75 Å². The smallest absolute Gasteiger partial charge is 0.255 e. The molecule has 142 valence electrons. The molecule has 1 aliphatic heterocycles. The van der Waals surface area contributed by atoms with Crippen molar-refractivity contribution in [1.29, 1.82) is 0 Å². The number of fused-ring (bicyclic) bond motifs is 1. The van der Waals surface area contributed by atoms with Crippen molar-refractivity contribution >= 4 is 27.5 Å². The van der Waals surface area contributed by atoms with Gasteiger partial charge in [0.15, 0.2) is 0 Å². The van der Waals surface area contributed by atoms with Crippen molar-refractivity contribution in [2.45, 2.75) is 4.90 Å². The summed E-state index contributed by atoms with van der Waals surface area (Å²) in [7, 11) is -0.0672. The minimum Gasteiger partial charge on any atom is -0.496 e. The Morgan fingerprint density at radius 3 is 2.68 bits per heavy atom. The first-order valence-corrected chi connectivity index (χ1v) is 9.99. The van der Waals surface area contributed by atoms with Gasteiger partial charge in [-0.1, -0.05) is 6.07 Å². The standard InChI is InChI=1S/C20H17N3O4S/c1-23-17(7-9-21-23)16-11-14(4-6-18(16)27-2)20(24)22-15-5-3-13-8-10-28(25,26)19(13)12-15/h3-12H,1-2H3,(H,22,24). The summed E-state index contributed by atoms with van der Waals surface area (Å²) >= 11 is 0. The fourth-order valence-corrected chi connectivity index (χ4v) is 4.35. The van der Waals surface area contributed by atoms with Gasteiger partial charge >= 0.3 is 0 Å². The number of anilines is 1. The second kappa shape index (κ2) is 6.65. The summed E-state index contributed by atoms with van der Waals surface area (Å²) in [5.41, 5.74) is 2.98. The average Bonchev–Trinajstić information content (AvgIpc) is 3.24. The van der Waals surface area contributed by atoms with E-state index in [2.05, 4.69) is 10.4 Å². The molecule has 0 spiro atoms. The number of carbonyl (C=O) groups excluding carboxylic acids is 1. The van der Waals surface area contributed by atoms with Gasteiger partial charge in [-0.15, -0.1) is 0 Å². The summed E-state index contributed by atoms with van der Waals surface area (Å²) < 4.78 is 31.1. The number of rotatable bonds is 4. The van der Waals surface area contributed by atoms with Crippen LogP contribution in [-0.4, -0.2) is 31.2 Å². The van der Waals surface area contributed by atoms with Crippen molar-refractivity contribution < 1.29 is 17.9 Å². The molecule has 4 rings (SSSR count). The number of nitrogens with zero attached hydrogens (tertiary/aromatic N) is 2. The molecule has 0 atom stereocenters. The Hall–Kier alpha value is -3.39. The van der Waals surface area contributed by atoms with Crippen molar-refractivity contribution in [2.24, 2.45) is 7.05 Å². The summed E-state index contributed by atoms with van der Waals surface area (Å²) in [5.74, 6) is 0.268. The highest BCUT2D eigenvalue weighted by Gasteiger charge is 2.21. The van der Waals surface area contributed by atoms with Gasteiger partial charge in [-0.25, -0.2) is 8.42 Å². The van der Waals surface area contributed by atoms with Gasteiger partial charge in [0, 0.05) is 35.5 Å². The maximum absolute atomic E-state index is 12.7. The topological polar surface area (TPSA) is 90.3 Å². The van der Waals surface area contributed by atoms with E-state index in [1.807, 2.05) is 6.07 Å². The largest absolute Gasteiger partial charge is 0.496 e. The summed E-state index contributed by atoms with van der Waals surface area (Å²) in [5, 5.41) is 8.07. The van der Waals surface area contributed by atoms with Crippen LogP contribution in [0.25, 0.3) is 17.3 Å². The van der Waals surface area contributed by atoms with E-state index in [-0.39, 0.29) is 10.8 Å². The number of aryl methyl sites for hydroxylation is 1. The molecule has 28 heavy (non-hydrogen) atoms. The highest BCUT2D eigenvalue weighted by Crippen LogP contribution is 2.32.